The van der Waals surface area contributed by atoms with Gasteiger partial charge in [0.05, 0.1) is 17.0 Å². The summed E-state index contributed by atoms with van der Waals surface area (Å²) in [5.74, 6) is -0.445. The highest BCUT2D eigenvalue weighted by Gasteiger charge is 2.29. The van der Waals surface area contributed by atoms with E-state index < -0.39 is 11.9 Å². The fourth-order valence-corrected chi connectivity index (χ4v) is 2.17. The van der Waals surface area contributed by atoms with Gasteiger partial charge < -0.3 is 15.2 Å². The molecule has 1 saturated heterocycles. The Balaban J connectivity index is 1.98. The molecule has 2 atom stereocenters. The number of anilines is 1. The highest BCUT2D eigenvalue weighted by molar-refractivity contribution is 6.32. The van der Waals surface area contributed by atoms with Gasteiger partial charge in [0, 0.05) is 6.20 Å². The summed E-state index contributed by atoms with van der Waals surface area (Å²) in [6.45, 7) is 3.71. The van der Waals surface area contributed by atoms with Crippen molar-refractivity contribution in [2.45, 2.75) is 39.0 Å². The van der Waals surface area contributed by atoms with Crippen LogP contribution in [0.4, 0.5) is 5.82 Å². The molecule has 1 aromatic rings. The second-order valence-corrected chi connectivity index (χ2v) is 5.65. The minimum absolute atomic E-state index is 0.00155. The van der Waals surface area contributed by atoms with Gasteiger partial charge in [0.1, 0.15) is 18.7 Å². The maximum Gasteiger partial charge on any atom is 0.351 e. The van der Waals surface area contributed by atoms with Crippen molar-refractivity contribution in [2.24, 2.45) is 5.92 Å². The molecular formula is C13H18ClN3O4. The zero-order chi connectivity index (χ0) is 15.6. The van der Waals surface area contributed by atoms with Crippen molar-refractivity contribution in [2.75, 3.05) is 12.3 Å². The molecule has 0 bridgehead atoms. The van der Waals surface area contributed by atoms with Gasteiger partial charge in [-0.15, -0.1) is 0 Å². The Bertz CT molecular complexity index is 587. The summed E-state index contributed by atoms with van der Waals surface area (Å²) in [7, 11) is 0. The molecule has 1 aromatic heterocycles. The number of rotatable bonds is 4. The lowest BCUT2D eigenvalue weighted by Gasteiger charge is -2.16. The van der Waals surface area contributed by atoms with Crippen LogP contribution in [-0.2, 0) is 14.3 Å². The van der Waals surface area contributed by atoms with E-state index in [1.54, 1.807) is 13.8 Å². The molecule has 1 aliphatic rings. The van der Waals surface area contributed by atoms with Crippen molar-refractivity contribution in [1.29, 1.82) is 0 Å². The lowest BCUT2D eigenvalue weighted by molar-refractivity contribution is -0.152. The molecule has 0 aliphatic carbocycles. The maximum atomic E-state index is 11.8. The van der Waals surface area contributed by atoms with Crippen LogP contribution in [0.3, 0.4) is 0 Å². The van der Waals surface area contributed by atoms with Crippen LogP contribution in [0, 0.1) is 5.92 Å². The minimum atomic E-state index is -0.512. The molecule has 2 heterocycles. The van der Waals surface area contributed by atoms with Crippen LogP contribution in [0.1, 0.15) is 32.9 Å². The second-order valence-electron chi connectivity index (χ2n) is 5.24. The maximum absolute atomic E-state index is 11.8. The molecule has 2 N–H and O–H groups in total. The SMILES string of the molecule is CC(C)C(=O)OCC1CCC(n2cc(Cl)c(N)nc2=O)O1. The number of esters is 1. The predicted molar refractivity (Wildman–Crippen MR) is 76.9 cm³/mol. The van der Waals surface area contributed by atoms with Crippen LogP contribution < -0.4 is 11.4 Å². The highest BCUT2D eigenvalue weighted by Crippen LogP contribution is 2.28. The first-order chi connectivity index (χ1) is 9.88. The van der Waals surface area contributed by atoms with E-state index in [0.717, 1.165) is 0 Å². The monoisotopic (exact) mass is 315 g/mol. The zero-order valence-corrected chi connectivity index (χ0v) is 12.7. The normalized spacial score (nSPS) is 21.7. The van der Waals surface area contributed by atoms with E-state index in [0.29, 0.717) is 12.8 Å². The summed E-state index contributed by atoms with van der Waals surface area (Å²) in [5, 5.41) is 0.202. The van der Waals surface area contributed by atoms with Gasteiger partial charge in [0.2, 0.25) is 0 Å². The summed E-state index contributed by atoms with van der Waals surface area (Å²) in [4.78, 5) is 26.8. The standard InChI is InChI=1S/C13H18ClN3O4/c1-7(2)12(18)20-6-8-3-4-10(21-8)17-5-9(14)11(15)16-13(17)19/h5,7-8,10H,3-4,6H2,1-2H3,(H2,15,16,19). The minimum Gasteiger partial charge on any atom is -0.463 e. The van der Waals surface area contributed by atoms with Crippen LogP contribution in [-0.4, -0.2) is 28.2 Å². The van der Waals surface area contributed by atoms with E-state index in [2.05, 4.69) is 4.98 Å². The van der Waals surface area contributed by atoms with Crippen LogP contribution >= 0.6 is 11.6 Å². The van der Waals surface area contributed by atoms with Gasteiger partial charge in [0.15, 0.2) is 0 Å². The first kappa shape index (κ1) is 15.8. The summed E-state index contributed by atoms with van der Waals surface area (Å²) < 4.78 is 12.1. The van der Waals surface area contributed by atoms with Gasteiger partial charge in [-0.25, -0.2) is 4.79 Å². The summed E-state index contributed by atoms with van der Waals surface area (Å²) in [6.07, 6.45) is 2.02. The third kappa shape index (κ3) is 3.74. The lowest BCUT2D eigenvalue weighted by Crippen LogP contribution is -2.28. The second kappa shape index (κ2) is 6.44. The van der Waals surface area contributed by atoms with Gasteiger partial charge in [-0.3, -0.25) is 9.36 Å². The molecule has 0 aromatic carbocycles. The van der Waals surface area contributed by atoms with Crippen LogP contribution in [0.2, 0.25) is 5.02 Å². The van der Waals surface area contributed by atoms with E-state index in [4.69, 9.17) is 26.8 Å². The first-order valence-electron chi connectivity index (χ1n) is 6.74. The Morgan fingerprint density at radius 3 is 3.00 bits per heavy atom. The van der Waals surface area contributed by atoms with Crippen LogP contribution in [0.15, 0.2) is 11.0 Å². The number of nitrogens with zero attached hydrogens (tertiary/aromatic N) is 2. The van der Waals surface area contributed by atoms with Crippen molar-refractivity contribution in [3.8, 4) is 0 Å². The molecule has 8 heteroatoms. The fraction of sp³-hybridized carbons (Fsp3) is 0.615. The van der Waals surface area contributed by atoms with E-state index in [-0.39, 0.29) is 35.4 Å². The number of aromatic nitrogens is 2. The Morgan fingerprint density at radius 2 is 2.33 bits per heavy atom. The third-order valence-corrected chi connectivity index (χ3v) is 3.50. The zero-order valence-electron chi connectivity index (χ0n) is 11.9. The number of hydrogen-bond donors (Lipinski definition) is 1. The predicted octanol–water partition coefficient (Wildman–Crippen LogP) is 1.36. The van der Waals surface area contributed by atoms with Gasteiger partial charge in [-0.1, -0.05) is 25.4 Å². The van der Waals surface area contributed by atoms with Crippen LogP contribution in [0.5, 0.6) is 0 Å². The summed E-state index contributed by atoms with van der Waals surface area (Å²) >= 11 is 5.87. The summed E-state index contributed by atoms with van der Waals surface area (Å²) in [6, 6.07) is 0. The van der Waals surface area contributed by atoms with Crippen molar-refractivity contribution in [1.82, 2.24) is 9.55 Å². The molecule has 2 unspecified atom stereocenters. The average Bonchev–Trinajstić information content (AvgIpc) is 2.88. The molecule has 0 radical (unpaired) electrons. The molecule has 0 amide bonds. The van der Waals surface area contributed by atoms with Gasteiger partial charge in [-0.05, 0) is 12.8 Å². The first-order valence-corrected chi connectivity index (χ1v) is 7.12. The van der Waals surface area contributed by atoms with Gasteiger partial charge in [0.25, 0.3) is 0 Å². The summed E-state index contributed by atoms with van der Waals surface area (Å²) in [5.41, 5.74) is 4.96. The fourth-order valence-electron chi connectivity index (χ4n) is 2.02. The largest absolute Gasteiger partial charge is 0.463 e. The number of nitrogen functional groups attached to an aromatic ring is 1. The van der Waals surface area contributed by atoms with Gasteiger partial charge >= 0.3 is 11.7 Å². The molecule has 21 heavy (non-hydrogen) atoms. The van der Waals surface area contributed by atoms with Crippen molar-refractivity contribution in [3.63, 3.8) is 0 Å². The lowest BCUT2D eigenvalue weighted by atomic mass is 10.2. The number of hydrogen-bond acceptors (Lipinski definition) is 6. The Kier molecular flexibility index (Phi) is 4.84. The molecule has 1 fully saturated rings. The quantitative estimate of drug-likeness (QED) is 0.843. The molecule has 116 valence electrons. The van der Waals surface area contributed by atoms with E-state index in [1.165, 1.54) is 10.8 Å². The molecule has 7 nitrogen and oxygen atoms in total. The number of halogens is 1. The highest BCUT2D eigenvalue weighted by atomic mass is 35.5. The third-order valence-electron chi connectivity index (χ3n) is 3.21. The van der Waals surface area contributed by atoms with E-state index in [9.17, 15) is 9.59 Å². The number of carbonyl (C=O) groups is 1. The Hall–Kier alpha value is -1.60. The van der Waals surface area contributed by atoms with E-state index in [1.807, 2.05) is 0 Å². The number of carbonyl (C=O) groups excluding carboxylic acids is 1. The Labute approximate surface area is 127 Å². The molecule has 2 rings (SSSR count). The molecule has 0 saturated carbocycles. The average molecular weight is 316 g/mol. The number of nitrogens with two attached hydrogens (primary N) is 1. The van der Waals surface area contributed by atoms with Gasteiger partial charge in [-0.2, -0.15) is 4.98 Å². The number of ether oxygens (including phenoxy) is 2. The topological polar surface area (TPSA) is 96.4 Å². The van der Waals surface area contributed by atoms with E-state index >= 15 is 0 Å². The Morgan fingerprint density at radius 1 is 1.62 bits per heavy atom. The van der Waals surface area contributed by atoms with Crippen molar-refractivity contribution in [3.05, 3.63) is 21.7 Å². The molecule has 0 spiro atoms. The van der Waals surface area contributed by atoms with Crippen LogP contribution in [0.25, 0.3) is 0 Å². The van der Waals surface area contributed by atoms with Crippen molar-refractivity contribution >= 4 is 23.4 Å². The molecule has 1 aliphatic heterocycles. The smallest absolute Gasteiger partial charge is 0.351 e. The molecular weight excluding hydrogens is 298 g/mol. The van der Waals surface area contributed by atoms with Crippen molar-refractivity contribution < 1.29 is 14.3 Å².